The highest BCUT2D eigenvalue weighted by Crippen LogP contribution is 2.30. The van der Waals surface area contributed by atoms with E-state index in [2.05, 4.69) is 82.4 Å². The first-order valence-corrected chi connectivity index (χ1v) is 13.0. The van der Waals surface area contributed by atoms with Crippen molar-refractivity contribution in [2.75, 3.05) is 0 Å². The zero-order valence-electron chi connectivity index (χ0n) is 21.3. The molecule has 0 aliphatic carbocycles. The van der Waals surface area contributed by atoms with Crippen molar-refractivity contribution in [3.63, 3.8) is 0 Å². The minimum absolute atomic E-state index is 0.596. The van der Waals surface area contributed by atoms with Gasteiger partial charge in [-0.2, -0.15) is 5.21 Å². The Balaban J connectivity index is 1.43. The molecule has 0 saturated carbocycles. The summed E-state index contributed by atoms with van der Waals surface area (Å²) < 4.78 is 2.29. The van der Waals surface area contributed by atoms with Crippen molar-refractivity contribution in [2.45, 2.75) is 65.8 Å². The molecule has 0 aliphatic rings. The van der Waals surface area contributed by atoms with Gasteiger partial charge in [-0.25, -0.2) is 9.97 Å². The Hall–Kier alpha value is -3.87. The minimum atomic E-state index is 0.596. The maximum absolute atomic E-state index is 5.08. The lowest BCUT2D eigenvalue weighted by molar-refractivity contribution is 0.660. The lowest BCUT2D eigenvalue weighted by atomic mass is 9.98. The fraction of sp³-hybridized carbons (Fsp3) is 0.345. The fourth-order valence-corrected chi connectivity index (χ4v) is 4.83. The predicted molar refractivity (Wildman–Crippen MR) is 144 cm³/mol. The number of fused-ring (bicyclic) bond motifs is 1. The molecule has 7 nitrogen and oxygen atoms in total. The molecule has 0 aliphatic heterocycles. The second-order valence-corrected chi connectivity index (χ2v) is 9.36. The van der Waals surface area contributed by atoms with E-state index in [1.54, 1.807) is 0 Å². The topological polar surface area (TPSA) is 85.2 Å². The maximum Gasteiger partial charge on any atom is 0.205 e. The van der Waals surface area contributed by atoms with Gasteiger partial charge in [0.25, 0.3) is 0 Å². The van der Waals surface area contributed by atoms with Crippen LogP contribution in [-0.4, -0.2) is 35.2 Å². The summed E-state index contributed by atoms with van der Waals surface area (Å²) in [5.74, 6) is 1.68. The van der Waals surface area contributed by atoms with Crippen LogP contribution in [0.4, 0.5) is 0 Å². The second-order valence-electron chi connectivity index (χ2n) is 9.36. The number of hydrogen-bond donors (Lipinski definition) is 1. The molecule has 0 unspecified atom stereocenters. The third kappa shape index (κ3) is 4.91. The molecule has 3 heterocycles. The zero-order chi connectivity index (χ0) is 24.9. The van der Waals surface area contributed by atoms with Gasteiger partial charge in [-0.05, 0) is 53.3 Å². The molecule has 0 atom stereocenters. The number of unbranched alkanes of at least 4 members (excludes halogenated alkanes) is 3. The van der Waals surface area contributed by atoms with Crippen molar-refractivity contribution in [2.24, 2.45) is 0 Å². The number of hydrogen-bond acceptors (Lipinski definition) is 5. The Morgan fingerprint density at radius 2 is 1.69 bits per heavy atom. The summed E-state index contributed by atoms with van der Waals surface area (Å²) in [6.07, 6.45) is 6.88. The Morgan fingerprint density at radius 1 is 0.889 bits per heavy atom. The number of aryl methyl sites for hydroxylation is 3. The van der Waals surface area contributed by atoms with Crippen molar-refractivity contribution >= 4 is 11.2 Å². The molecule has 5 rings (SSSR count). The van der Waals surface area contributed by atoms with Crippen LogP contribution in [0.1, 0.15) is 62.2 Å². The van der Waals surface area contributed by atoms with Crippen molar-refractivity contribution < 1.29 is 0 Å². The third-order valence-electron chi connectivity index (χ3n) is 6.75. The van der Waals surface area contributed by atoms with Crippen LogP contribution in [0.3, 0.4) is 0 Å². The molecule has 0 spiro atoms. The van der Waals surface area contributed by atoms with Crippen molar-refractivity contribution in [1.82, 2.24) is 35.2 Å². The molecule has 3 aromatic heterocycles. The lowest BCUT2D eigenvalue weighted by Crippen LogP contribution is -2.06. The predicted octanol–water partition coefficient (Wildman–Crippen LogP) is 6.32. The molecule has 1 N–H and O–H groups in total. The number of nitrogens with zero attached hydrogens (tertiary/aromatic N) is 6. The molecule has 5 aromatic rings. The van der Waals surface area contributed by atoms with Crippen LogP contribution in [0.15, 0.2) is 54.6 Å². The van der Waals surface area contributed by atoms with E-state index in [4.69, 9.17) is 9.97 Å². The largest absolute Gasteiger partial charge is 0.308 e. The summed E-state index contributed by atoms with van der Waals surface area (Å²) in [4.78, 5) is 10.0. The molecule has 0 radical (unpaired) electrons. The first-order chi connectivity index (χ1) is 17.7. The van der Waals surface area contributed by atoms with E-state index < -0.39 is 0 Å². The SMILES string of the molecule is CCCCCCc1cc(C)c2nc(CC)n(Cc3ccc(-c4ccccc4-c4nn[nH]n4)cc3)c2n1. The van der Waals surface area contributed by atoms with Gasteiger partial charge in [-0.3, -0.25) is 0 Å². The molecule has 0 saturated heterocycles. The van der Waals surface area contributed by atoms with Crippen LogP contribution in [0.25, 0.3) is 33.7 Å². The molecular formula is C29H33N7. The Bertz CT molecular complexity index is 1430. The Labute approximate surface area is 212 Å². The van der Waals surface area contributed by atoms with Crippen LogP contribution < -0.4 is 0 Å². The number of nitrogens with one attached hydrogen (secondary N) is 1. The Morgan fingerprint density at radius 3 is 2.42 bits per heavy atom. The number of benzene rings is 2. The Kier molecular flexibility index (Phi) is 7.16. The maximum atomic E-state index is 5.08. The summed E-state index contributed by atoms with van der Waals surface area (Å²) in [7, 11) is 0. The summed E-state index contributed by atoms with van der Waals surface area (Å²) in [6.45, 7) is 7.32. The summed E-state index contributed by atoms with van der Waals surface area (Å²) in [5, 5.41) is 14.6. The molecule has 0 amide bonds. The van der Waals surface area contributed by atoms with E-state index in [1.165, 1.54) is 42.5 Å². The lowest BCUT2D eigenvalue weighted by Gasteiger charge is -2.11. The minimum Gasteiger partial charge on any atom is -0.308 e. The second kappa shape index (κ2) is 10.8. The van der Waals surface area contributed by atoms with Crippen molar-refractivity contribution in [1.29, 1.82) is 0 Å². The third-order valence-corrected chi connectivity index (χ3v) is 6.75. The van der Waals surface area contributed by atoms with Gasteiger partial charge in [0.05, 0.1) is 6.54 Å². The van der Waals surface area contributed by atoms with E-state index in [0.717, 1.165) is 53.1 Å². The average molecular weight is 480 g/mol. The van der Waals surface area contributed by atoms with E-state index in [1.807, 2.05) is 18.2 Å². The number of tetrazole rings is 1. The fourth-order valence-electron chi connectivity index (χ4n) is 4.83. The van der Waals surface area contributed by atoms with E-state index >= 15 is 0 Å². The quantitative estimate of drug-likeness (QED) is 0.237. The van der Waals surface area contributed by atoms with Crippen LogP contribution >= 0.6 is 0 Å². The molecule has 0 fully saturated rings. The summed E-state index contributed by atoms with van der Waals surface area (Å²) in [5.41, 5.74) is 8.79. The van der Waals surface area contributed by atoms with Crippen LogP contribution in [-0.2, 0) is 19.4 Å². The highest BCUT2D eigenvalue weighted by molar-refractivity contribution is 5.80. The van der Waals surface area contributed by atoms with Gasteiger partial charge in [0.2, 0.25) is 5.82 Å². The number of pyridine rings is 1. The van der Waals surface area contributed by atoms with E-state index in [-0.39, 0.29) is 0 Å². The summed E-state index contributed by atoms with van der Waals surface area (Å²) >= 11 is 0. The molecule has 2 aromatic carbocycles. The highest BCUT2D eigenvalue weighted by Gasteiger charge is 2.15. The smallest absolute Gasteiger partial charge is 0.205 e. The molecule has 7 heteroatoms. The van der Waals surface area contributed by atoms with E-state index in [0.29, 0.717) is 5.82 Å². The van der Waals surface area contributed by atoms with Crippen LogP contribution in [0, 0.1) is 6.92 Å². The monoisotopic (exact) mass is 479 g/mol. The standard InChI is InChI=1S/C29H33N7/c1-4-6-7-8-11-23-18-20(3)27-29(30-23)36(26(5-2)31-27)19-21-14-16-22(17-15-21)24-12-9-10-13-25(24)28-32-34-35-33-28/h9-10,12-18H,4-8,11,19H2,1-3H3,(H,32,33,34,35). The molecule has 184 valence electrons. The van der Waals surface area contributed by atoms with Gasteiger partial charge in [0, 0.05) is 17.7 Å². The number of imidazole rings is 1. The average Bonchev–Trinajstić information content (AvgIpc) is 3.56. The number of aromatic amines is 1. The number of aromatic nitrogens is 7. The molecular weight excluding hydrogens is 446 g/mol. The van der Waals surface area contributed by atoms with Gasteiger partial charge >= 0.3 is 0 Å². The highest BCUT2D eigenvalue weighted by atomic mass is 15.5. The molecule has 36 heavy (non-hydrogen) atoms. The van der Waals surface area contributed by atoms with Crippen molar-refractivity contribution in [3.8, 4) is 22.5 Å². The van der Waals surface area contributed by atoms with E-state index in [9.17, 15) is 0 Å². The summed E-state index contributed by atoms with van der Waals surface area (Å²) in [6, 6.07) is 19.1. The van der Waals surface area contributed by atoms with Gasteiger partial charge < -0.3 is 4.57 Å². The number of rotatable bonds is 10. The van der Waals surface area contributed by atoms with Crippen LogP contribution in [0.5, 0.6) is 0 Å². The molecule has 0 bridgehead atoms. The van der Waals surface area contributed by atoms with Gasteiger partial charge in [0.1, 0.15) is 11.3 Å². The van der Waals surface area contributed by atoms with Gasteiger partial charge in [0.15, 0.2) is 5.65 Å². The van der Waals surface area contributed by atoms with Crippen molar-refractivity contribution in [3.05, 3.63) is 77.2 Å². The van der Waals surface area contributed by atoms with Crippen LogP contribution in [0.2, 0.25) is 0 Å². The van der Waals surface area contributed by atoms with Gasteiger partial charge in [-0.15, -0.1) is 10.2 Å². The first-order valence-electron chi connectivity index (χ1n) is 13.0. The normalized spacial score (nSPS) is 11.4. The van der Waals surface area contributed by atoms with Gasteiger partial charge in [-0.1, -0.05) is 81.6 Å². The zero-order valence-corrected chi connectivity index (χ0v) is 21.3. The number of H-pyrrole nitrogens is 1. The first kappa shape index (κ1) is 23.9.